The van der Waals surface area contributed by atoms with Crippen molar-refractivity contribution in [1.82, 2.24) is 15.1 Å². The molecule has 4 nitrogen and oxygen atoms in total. The zero-order chi connectivity index (χ0) is 18.5. The summed E-state index contributed by atoms with van der Waals surface area (Å²) in [7, 11) is 1.86. The number of nitrogens with one attached hydrogen (secondary N) is 1. The molecular weight excluding hydrogens is 322 g/mol. The number of hydrogen-bond acceptors (Lipinski definition) is 3. The smallest absolute Gasteiger partial charge is 0.223 e. The normalized spacial score (nSPS) is 14.0. The van der Waals surface area contributed by atoms with Gasteiger partial charge in [0.2, 0.25) is 5.91 Å². The Labute approximate surface area is 158 Å². The van der Waals surface area contributed by atoms with Crippen LogP contribution in [0.1, 0.15) is 44.1 Å². The second-order valence-corrected chi connectivity index (χ2v) is 7.06. The van der Waals surface area contributed by atoms with Crippen molar-refractivity contribution >= 4 is 5.91 Å². The van der Waals surface area contributed by atoms with Gasteiger partial charge in [0.15, 0.2) is 0 Å². The largest absolute Gasteiger partial charge is 0.335 e. The van der Waals surface area contributed by atoms with E-state index in [4.69, 9.17) is 0 Å². The lowest BCUT2D eigenvalue weighted by Gasteiger charge is -2.14. The fourth-order valence-electron chi connectivity index (χ4n) is 3.09. The molecule has 0 radical (unpaired) electrons. The summed E-state index contributed by atoms with van der Waals surface area (Å²) in [5.41, 5.74) is 1.31. The molecule has 0 atom stereocenters. The highest BCUT2D eigenvalue weighted by Crippen LogP contribution is 2.05. The molecule has 1 N–H and O–H groups in total. The molecule has 0 unspecified atom stereocenters. The minimum atomic E-state index is 0.206. The van der Waals surface area contributed by atoms with E-state index >= 15 is 0 Å². The van der Waals surface area contributed by atoms with Crippen LogP contribution in [-0.4, -0.2) is 55.5 Å². The maximum Gasteiger partial charge on any atom is 0.223 e. The fourth-order valence-corrected chi connectivity index (χ4v) is 3.09. The molecule has 1 heterocycles. The molecule has 1 amide bonds. The van der Waals surface area contributed by atoms with E-state index in [0.29, 0.717) is 13.0 Å². The van der Waals surface area contributed by atoms with Crippen molar-refractivity contribution in [3.05, 3.63) is 35.9 Å². The number of carbonyl (C=O) groups is 1. The van der Waals surface area contributed by atoms with E-state index < -0.39 is 0 Å². The van der Waals surface area contributed by atoms with Crippen LogP contribution in [-0.2, 0) is 11.3 Å². The highest BCUT2D eigenvalue weighted by molar-refractivity contribution is 5.76. The van der Waals surface area contributed by atoms with Gasteiger partial charge in [0.25, 0.3) is 0 Å². The molecule has 0 spiro atoms. The van der Waals surface area contributed by atoms with Gasteiger partial charge in [-0.05, 0) is 50.9 Å². The van der Waals surface area contributed by atoms with Crippen molar-refractivity contribution in [2.45, 2.75) is 45.1 Å². The van der Waals surface area contributed by atoms with Crippen molar-refractivity contribution in [1.29, 1.82) is 0 Å². The van der Waals surface area contributed by atoms with E-state index in [1.165, 1.54) is 31.5 Å². The molecule has 1 aliphatic heterocycles. The number of unbranched alkanes of at least 4 members (excludes halogenated alkanes) is 2. The Balaban J connectivity index is 1.45. The Kier molecular flexibility index (Phi) is 9.86. The number of benzene rings is 1. The number of nitrogens with zero attached hydrogens (tertiary/aromatic N) is 2. The molecule has 1 fully saturated rings. The predicted molar refractivity (Wildman–Crippen MR) is 108 cm³/mol. The van der Waals surface area contributed by atoms with E-state index in [1.54, 1.807) is 4.90 Å². The zero-order valence-electron chi connectivity index (χ0n) is 16.2. The summed E-state index contributed by atoms with van der Waals surface area (Å²) in [4.78, 5) is 16.2. The van der Waals surface area contributed by atoms with E-state index in [9.17, 15) is 4.79 Å². The molecule has 1 aromatic carbocycles. The van der Waals surface area contributed by atoms with Gasteiger partial charge in [-0.1, -0.05) is 48.6 Å². The first-order valence-corrected chi connectivity index (χ1v) is 9.92. The third-order valence-electron chi connectivity index (χ3n) is 4.78. The van der Waals surface area contributed by atoms with Crippen molar-refractivity contribution < 1.29 is 4.79 Å². The Bertz CT molecular complexity index is 570. The van der Waals surface area contributed by atoms with Gasteiger partial charge in [-0.15, -0.1) is 0 Å². The van der Waals surface area contributed by atoms with Crippen LogP contribution in [0, 0.1) is 11.8 Å². The van der Waals surface area contributed by atoms with E-state index in [0.717, 1.165) is 38.9 Å². The lowest BCUT2D eigenvalue weighted by atomic mass is 10.1. The van der Waals surface area contributed by atoms with Crippen LogP contribution >= 0.6 is 0 Å². The summed E-state index contributed by atoms with van der Waals surface area (Å²) in [6.07, 6.45) is 6.37. The second kappa shape index (κ2) is 12.5. The highest BCUT2D eigenvalue weighted by atomic mass is 16.2. The summed E-state index contributed by atoms with van der Waals surface area (Å²) in [6, 6.07) is 10.4. The summed E-state index contributed by atoms with van der Waals surface area (Å²) >= 11 is 0. The van der Waals surface area contributed by atoms with Crippen molar-refractivity contribution in [3.8, 4) is 11.8 Å². The van der Waals surface area contributed by atoms with Crippen molar-refractivity contribution in [2.75, 3.05) is 39.8 Å². The topological polar surface area (TPSA) is 35.6 Å². The van der Waals surface area contributed by atoms with Crippen LogP contribution in [0.5, 0.6) is 0 Å². The number of likely N-dealkylation sites (tertiary alicyclic amines) is 1. The fraction of sp³-hybridized carbons (Fsp3) is 0.591. The number of hydrogen-bond donors (Lipinski definition) is 1. The maximum absolute atomic E-state index is 12.1. The zero-order valence-corrected chi connectivity index (χ0v) is 16.2. The first-order chi connectivity index (χ1) is 12.8. The van der Waals surface area contributed by atoms with E-state index in [1.807, 2.05) is 13.1 Å². The molecule has 1 aliphatic rings. The Hall–Kier alpha value is -1.83. The minimum absolute atomic E-state index is 0.206. The maximum atomic E-state index is 12.1. The average Bonchev–Trinajstić information content (AvgIpc) is 3.18. The Morgan fingerprint density at radius 3 is 2.65 bits per heavy atom. The third-order valence-corrected chi connectivity index (χ3v) is 4.78. The van der Waals surface area contributed by atoms with Crippen LogP contribution in [0.25, 0.3) is 0 Å². The van der Waals surface area contributed by atoms with E-state index in [-0.39, 0.29) is 5.91 Å². The Morgan fingerprint density at radius 1 is 1.12 bits per heavy atom. The average molecular weight is 356 g/mol. The SMILES string of the molecule is CN(CC#CCN1CCCC1)C(=O)CCCCCNCc1ccccc1. The van der Waals surface area contributed by atoms with E-state index in [2.05, 4.69) is 46.3 Å². The van der Waals surface area contributed by atoms with Gasteiger partial charge in [-0.2, -0.15) is 0 Å². The lowest BCUT2D eigenvalue weighted by molar-refractivity contribution is -0.129. The van der Waals surface area contributed by atoms with Crippen molar-refractivity contribution in [3.63, 3.8) is 0 Å². The standard InChI is InChI=1S/C22H33N3O/c1-24(16-8-9-17-25-18-10-11-19-25)22(26)14-6-3-7-15-23-20-21-12-4-2-5-13-21/h2,4-5,12-13,23H,3,6-7,10-11,14-20H2,1H3. The molecule has 142 valence electrons. The van der Waals surface area contributed by atoms with Crippen LogP contribution in [0.3, 0.4) is 0 Å². The van der Waals surface area contributed by atoms with Gasteiger partial charge in [0.05, 0.1) is 13.1 Å². The molecule has 1 aromatic rings. The highest BCUT2D eigenvalue weighted by Gasteiger charge is 2.09. The first kappa shape index (κ1) is 20.5. The molecule has 4 heteroatoms. The Morgan fingerprint density at radius 2 is 1.88 bits per heavy atom. The number of rotatable bonds is 10. The van der Waals surface area contributed by atoms with Gasteiger partial charge in [0.1, 0.15) is 0 Å². The summed E-state index contributed by atoms with van der Waals surface area (Å²) in [5, 5.41) is 3.45. The first-order valence-electron chi connectivity index (χ1n) is 9.92. The molecule has 0 saturated carbocycles. The van der Waals surface area contributed by atoms with Crippen LogP contribution in [0.2, 0.25) is 0 Å². The third kappa shape index (κ3) is 8.51. The van der Waals surface area contributed by atoms with Gasteiger partial charge in [0, 0.05) is 20.0 Å². The molecule has 0 aromatic heterocycles. The van der Waals surface area contributed by atoms with Gasteiger partial charge >= 0.3 is 0 Å². The number of carbonyl (C=O) groups excluding carboxylic acids is 1. The van der Waals surface area contributed by atoms with Gasteiger partial charge < -0.3 is 10.2 Å². The molecule has 0 bridgehead atoms. The van der Waals surface area contributed by atoms with Crippen LogP contribution in [0.4, 0.5) is 0 Å². The van der Waals surface area contributed by atoms with Crippen LogP contribution < -0.4 is 5.32 Å². The van der Waals surface area contributed by atoms with Gasteiger partial charge in [-0.3, -0.25) is 9.69 Å². The summed E-state index contributed by atoms with van der Waals surface area (Å²) < 4.78 is 0. The summed E-state index contributed by atoms with van der Waals surface area (Å²) in [6.45, 7) is 5.65. The molecule has 0 aliphatic carbocycles. The minimum Gasteiger partial charge on any atom is -0.335 e. The molecule has 1 saturated heterocycles. The summed E-state index contributed by atoms with van der Waals surface area (Å²) in [5.74, 6) is 6.53. The molecular formula is C22H33N3O. The predicted octanol–water partition coefficient (Wildman–Crippen LogP) is 2.89. The lowest BCUT2D eigenvalue weighted by Crippen LogP contribution is -2.27. The van der Waals surface area contributed by atoms with Crippen molar-refractivity contribution in [2.24, 2.45) is 0 Å². The monoisotopic (exact) mass is 355 g/mol. The number of amides is 1. The quantitative estimate of drug-likeness (QED) is 0.518. The molecule has 26 heavy (non-hydrogen) atoms. The van der Waals surface area contributed by atoms with Gasteiger partial charge in [-0.25, -0.2) is 0 Å². The molecule has 2 rings (SSSR count). The second-order valence-electron chi connectivity index (χ2n) is 7.06. The van der Waals surface area contributed by atoms with Crippen LogP contribution in [0.15, 0.2) is 30.3 Å².